The van der Waals surface area contributed by atoms with Crippen LogP contribution < -0.4 is 5.43 Å². The number of hydrazine groups is 1. The minimum absolute atomic E-state index is 0.0912. The minimum Gasteiger partial charge on any atom is -0.375 e. The molecule has 0 aliphatic heterocycles. The number of ether oxygens (including phenoxy) is 1. The van der Waals surface area contributed by atoms with Gasteiger partial charge in [0.1, 0.15) is 0 Å². The van der Waals surface area contributed by atoms with Crippen LogP contribution in [0.15, 0.2) is 66.7 Å². The number of amides is 1. The molecular formula is C28H30N2O2. The fraction of sp³-hybridized carbons (Fsp3) is 0.250. The van der Waals surface area contributed by atoms with Crippen LogP contribution in [0.25, 0.3) is 12.2 Å². The molecule has 32 heavy (non-hydrogen) atoms. The van der Waals surface area contributed by atoms with E-state index >= 15 is 0 Å². The standard InChI is InChI=1S/C28H30N2O2/c1-20-16-21(2)18-23(17-20)19-32-15-14-30(29-22(3)31)28-26-10-6-4-8-24(26)12-13-25-9-5-7-11-27(25)28/h4-13,16-18,28H,14-15,19H2,1-3H3,(H,29,31). The Hall–Kier alpha value is -3.21. The number of hydrogen-bond acceptors (Lipinski definition) is 3. The molecule has 164 valence electrons. The third-order valence-electron chi connectivity index (χ3n) is 5.66. The van der Waals surface area contributed by atoms with E-state index in [2.05, 4.69) is 86.0 Å². The summed E-state index contributed by atoms with van der Waals surface area (Å²) in [5, 5.41) is 2.01. The van der Waals surface area contributed by atoms with Gasteiger partial charge in [0.05, 0.1) is 19.3 Å². The van der Waals surface area contributed by atoms with E-state index < -0.39 is 0 Å². The topological polar surface area (TPSA) is 41.6 Å². The summed E-state index contributed by atoms with van der Waals surface area (Å²) >= 11 is 0. The molecule has 0 saturated carbocycles. The van der Waals surface area contributed by atoms with Crippen LogP contribution in [0.1, 0.15) is 51.9 Å². The van der Waals surface area contributed by atoms with Crippen molar-refractivity contribution >= 4 is 18.1 Å². The Kier molecular flexibility index (Phi) is 6.84. The van der Waals surface area contributed by atoms with Gasteiger partial charge in [-0.2, -0.15) is 0 Å². The largest absolute Gasteiger partial charge is 0.375 e. The molecule has 1 aliphatic rings. The zero-order valence-electron chi connectivity index (χ0n) is 19.0. The highest BCUT2D eigenvalue weighted by Crippen LogP contribution is 2.36. The van der Waals surface area contributed by atoms with Gasteiger partial charge in [-0.25, -0.2) is 5.01 Å². The Labute approximate surface area is 190 Å². The molecule has 0 fully saturated rings. The lowest BCUT2D eigenvalue weighted by Gasteiger charge is -2.33. The van der Waals surface area contributed by atoms with Gasteiger partial charge in [0, 0.05) is 13.5 Å². The van der Waals surface area contributed by atoms with Crippen molar-refractivity contribution in [2.24, 2.45) is 0 Å². The summed E-state index contributed by atoms with van der Waals surface area (Å²) in [6.45, 7) is 7.37. The molecule has 0 bridgehead atoms. The smallest absolute Gasteiger partial charge is 0.231 e. The van der Waals surface area contributed by atoms with Gasteiger partial charge in [-0.05, 0) is 41.7 Å². The van der Waals surface area contributed by atoms with Gasteiger partial charge in [0.15, 0.2) is 0 Å². The van der Waals surface area contributed by atoms with E-state index in [1.165, 1.54) is 16.7 Å². The van der Waals surface area contributed by atoms with Crippen LogP contribution in [-0.2, 0) is 16.1 Å². The van der Waals surface area contributed by atoms with Crippen molar-refractivity contribution in [1.82, 2.24) is 10.4 Å². The first-order valence-electron chi connectivity index (χ1n) is 11.1. The van der Waals surface area contributed by atoms with Crippen LogP contribution in [0.3, 0.4) is 0 Å². The third kappa shape index (κ3) is 5.16. The van der Waals surface area contributed by atoms with E-state index in [0.717, 1.165) is 22.3 Å². The van der Waals surface area contributed by atoms with E-state index in [-0.39, 0.29) is 11.9 Å². The zero-order valence-corrected chi connectivity index (χ0v) is 19.0. The van der Waals surface area contributed by atoms with Crippen molar-refractivity contribution in [3.63, 3.8) is 0 Å². The number of fused-ring (bicyclic) bond motifs is 2. The van der Waals surface area contributed by atoms with E-state index in [1.807, 2.05) is 17.1 Å². The molecule has 3 aromatic carbocycles. The fourth-order valence-corrected chi connectivity index (χ4v) is 4.46. The number of carbonyl (C=O) groups excluding carboxylic acids is 1. The summed E-state index contributed by atoms with van der Waals surface area (Å²) in [5.74, 6) is -0.0912. The fourth-order valence-electron chi connectivity index (χ4n) is 4.46. The van der Waals surface area contributed by atoms with Crippen molar-refractivity contribution in [2.75, 3.05) is 13.2 Å². The van der Waals surface area contributed by atoms with Crippen molar-refractivity contribution in [1.29, 1.82) is 0 Å². The van der Waals surface area contributed by atoms with Crippen LogP contribution in [-0.4, -0.2) is 24.1 Å². The highest BCUT2D eigenvalue weighted by atomic mass is 16.5. The quantitative estimate of drug-likeness (QED) is 0.404. The normalized spacial score (nSPS) is 12.9. The zero-order chi connectivity index (χ0) is 22.5. The monoisotopic (exact) mass is 426 g/mol. The average molecular weight is 427 g/mol. The second-order valence-electron chi connectivity index (χ2n) is 8.40. The Morgan fingerprint density at radius 3 is 2.03 bits per heavy atom. The van der Waals surface area contributed by atoms with Crippen LogP contribution in [0.5, 0.6) is 0 Å². The lowest BCUT2D eigenvalue weighted by Crippen LogP contribution is -2.46. The summed E-state index contributed by atoms with van der Waals surface area (Å²) in [6.07, 6.45) is 4.30. The Bertz CT molecular complexity index is 1070. The molecule has 0 atom stereocenters. The number of nitrogens with one attached hydrogen (secondary N) is 1. The van der Waals surface area contributed by atoms with Gasteiger partial charge in [0.25, 0.3) is 0 Å². The predicted octanol–water partition coefficient (Wildman–Crippen LogP) is 5.45. The minimum atomic E-state index is -0.105. The second kappa shape index (κ2) is 9.94. The number of nitrogens with zero attached hydrogens (tertiary/aromatic N) is 1. The van der Waals surface area contributed by atoms with Gasteiger partial charge in [-0.15, -0.1) is 0 Å². The molecular weight excluding hydrogens is 396 g/mol. The van der Waals surface area contributed by atoms with Gasteiger partial charge in [0.2, 0.25) is 5.91 Å². The van der Waals surface area contributed by atoms with Crippen LogP contribution in [0.4, 0.5) is 0 Å². The summed E-state index contributed by atoms with van der Waals surface area (Å²) < 4.78 is 6.03. The Balaban J connectivity index is 1.57. The molecule has 0 spiro atoms. The molecule has 3 aromatic rings. The summed E-state index contributed by atoms with van der Waals surface area (Å²) in [6, 6.07) is 23.1. The third-order valence-corrected chi connectivity index (χ3v) is 5.66. The van der Waals surface area contributed by atoms with E-state index in [0.29, 0.717) is 19.8 Å². The maximum Gasteiger partial charge on any atom is 0.231 e. The maximum atomic E-state index is 12.1. The van der Waals surface area contributed by atoms with Gasteiger partial charge >= 0.3 is 0 Å². The second-order valence-corrected chi connectivity index (χ2v) is 8.40. The van der Waals surface area contributed by atoms with Crippen LogP contribution >= 0.6 is 0 Å². The Morgan fingerprint density at radius 2 is 1.47 bits per heavy atom. The van der Waals surface area contributed by atoms with Gasteiger partial charge < -0.3 is 4.74 Å². The molecule has 0 unspecified atom stereocenters. The van der Waals surface area contributed by atoms with E-state index in [1.54, 1.807) is 6.92 Å². The molecule has 0 heterocycles. The molecule has 0 aromatic heterocycles. The maximum absolute atomic E-state index is 12.1. The van der Waals surface area contributed by atoms with Crippen LogP contribution in [0, 0.1) is 13.8 Å². The van der Waals surface area contributed by atoms with E-state index in [9.17, 15) is 4.79 Å². The molecule has 0 radical (unpaired) electrons. The van der Waals surface area contributed by atoms with Crippen molar-refractivity contribution < 1.29 is 9.53 Å². The SMILES string of the molecule is CC(=O)NN(CCOCc1cc(C)cc(C)c1)C1c2ccccc2C=Cc2ccccc21. The van der Waals surface area contributed by atoms with Crippen molar-refractivity contribution in [2.45, 2.75) is 33.4 Å². The number of rotatable bonds is 7. The molecule has 1 aliphatic carbocycles. The molecule has 1 amide bonds. The predicted molar refractivity (Wildman–Crippen MR) is 130 cm³/mol. The number of carbonyl (C=O) groups is 1. The van der Waals surface area contributed by atoms with Crippen molar-refractivity contribution in [3.05, 3.63) is 106 Å². The lowest BCUT2D eigenvalue weighted by molar-refractivity contribution is -0.125. The Morgan fingerprint density at radius 1 is 0.906 bits per heavy atom. The first kappa shape index (κ1) is 22.0. The molecule has 4 heteroatoms. The number of benzene rings is 3. The average Bonchev–Trinajstić information content (AvgIpc) is 2.92. The van der Waals surface area contributed by atoms with Gasteiger partial charge in [-0.1, -0.05) is 90.0 Å². The molecule has 0 saturated heterocycles. The lowest BCUT2D eigenvalue weighted by atomic mass is 9.93. The number of hydrogen-bond donors (Lipinski definition) is 1. The van der Waals surface area contributed by atoms with E-state index in [4.69, 9.17) is 4.74 Å². The summed E-state index contributed by atoms with van der Waals surface area (Å²) in [7, 11) is 0. The molecule has 4 rings (SSSR count). The van der Waals surface area contributed by atoms with Gasteiger partial charge in [-0.3, -0.25) is 10.2 Å². The summed E-state index contributed by atoms with van der Waals surface area (Å²) in [5.41, 5.74) is 11.3. The highest BCUT2D eigenvalue weighted by Gasteiger charge is 2.27. The van der Waals surface area contributed by atoms with Crippen molar-refractivity contribution in [3.8, 4) is 0 Å². The first-order valence-corrected chi connectivity index (χ1v) is 11.1. The molecule has 4 nitrogen and oxygen atoms in total. The first-order chi connectivity index (χ1) is 15.5. The molecule has 1 N–H and O–H groups in total. The highest BCUT2D eigenvalue weighted by molar-refractivity contribution is 5.77. The number of aryl methyl sites for hydroxylation is 2. The summed E-state index contributed by atoms with van der Waals surface area (Å²) in [4.78, 5) is 12.1. The van der Waals surface area contributed by atoms with Crippen LogP contribution in [0.2, 0.25) is 0 Å².